The van der Waals surface area contributed by atoms with E-state index in [0.717, 1.165) is 0 Å². The fraction of sp³-hybridized carbons (Fsp3) is 0.303. The standard InChI is InChI=1S/C24H23N3O6S.C9H10O4/c1-24(2)17(22(31)33-23-14-11-7-6-10-13(14)21(30)32-23)27-19(29)16(20(27)34-24)26-18(28)15(25)12-8-4-3-5-9-12;1-7(10)12-13-9-6-4-3-5-8(9)11-2/h3-11,15-17,20,23H,25H2,1-2H3,(H,26,28);3-6H,1-2H3/t15-,16-,17+,20-,23?;/m1./s1. The number of ether oxygens (including phenoxy) is 3. The Morgan fingerprint density at radius 1 is 0.957 bits per heavy atom. The molecule has 0 spiro atoms. The number of carbonyl (C=O) groups is 5. The third kappa shape index (κ3) is 6.88. The fourth-order valence-corrected chi connectivity index (χ4v) is 6.96. The Morgan fingerprint density at radius 3 is 2.28 bits per heavy atom. The van der Waals surface area contributed by atoms with Gasteiger partial charge in [0, 0.05) is 17.2 Å². The van der Waals surface area contributed by atoms with Gasteiger partial charge >= 0.3 is 17.9 Å². The molecule has 246 valence electrons. The number of para-hydroxylation sites is 2. The summed E-state index contributed by atoms with van der Waals surface area (Å²) in [6, 6.07) is 19.8. The van der Waals surface area contributed by atoms with E-state index in [1.807, 2.05) is 19.9 Å². The van der Waals surface area contributed by atoms with Gasteiger partial charge in [-0.2, -0.15) is 0 Å². The van der Waals surface area contributed by atoms with Crippen molar-refractivity contribution in [1.29, 1.82) is 0 Å². The SMILES string of the molecule is CC1(C)S[C@@H]2[C@H](NC(=O)[C@H](N)c3ccccc3)C(=O)N2[C@H]1C(=O)OC1OC(=O)c2ccccc21.COc1ccccc1OOC(C)=O. The lowest BCUT2D eigenvalue weighted by molar-refractivity contribution is -0.211. The van der Waals surface area contributed by atoms with E-state index in [9.17, 15) is 24.0 Å². The van der Waals surface area contributed by atoms with Gasteiger partial charge in [-0.25, -0.2) is 14.4 Å². The number of amides is 2. The van der Waals surface area contributed by atoms with Gasteiger partial charge < -0.3 is 30.2 Å². The second-order valence-corrected chi connectivity index (χ2v) is 13.0. The highest BCUT2D eigenvalue weighted by atomic mass is 32.2. The molecule has 3 aliphatic rings. The molecule has 6 rings (SSSR count). The fourth-order valence-electron chi connectivity index (χ4n) is 5.34. The molecule has 3 aromatic carbocycles. The molecule has 3 heterocycles. The number of esters is 2. The molecule has 0 aliphatic carbocycles. The highest BCUT2D eigenvalue weighted by molar-refractivity contribution is 8.01. The number of β-lactam (4-membered cyclic amide) rings is 1. The average molecular weight is 664 g/mol. The van der Waals surface area contributed by atoms with Gasteiger partial charge in [0.1, 0.15) is 23.5 Å². The zero-order chi connectivity index (χ0) is 33.9. The number of cyclic esters (lactones) is 1. The molecule has 3 aliphatic heterocycles. The summed E-state index contributed by atoms with van der Waals surface area (Å²) in [5.41, 5.74) is 7.51. The van der Waals surface area contributed by atoms with E-state index in [0.29, 0.717) is 28.2 Å². The maximum atomic E-state index is 13.2. The molecule has 0 aromatic heterocycles. The Kier molecular flexibility index (Phi) is 9.72. The van der Waals surface area contributed by atoms with Crippen LogP contribution in [0.5, 0.6) is 11.5 Å². The van der Waals surface area contributed by atoms with E-state index in [1.54, 1.807) is 72.8 Å². The van der Waals surface area contributed by atoms with Crippen molar-refractivity contribution < 1.29 is 48.0 Å². The number of carbonyl (C=O) groups excluding carboxylic acids is 5. The molecule has 0 bridgehead atoms. The van der Waals surface area contributed by atoms with Gasteiger partial charge in [0.2, 0.25) is 17.6 Å². The Morgan fingerprint density at radius 2 is 1.60 bits per heavy atom. The number of hydrogen-bond donors (Lipinski definition) is 2. The quantitative estimate of drug-likeness (QED) is 0.156. The lowest BCUT2D eigenvalue weighted by atomic mass is 9.95. The predicted octanol–water partition coefficient (Wildman–Crippen LogP) is 3.20. The van der Waals surface area contributed by atoms with Crippen LogP contribution in [0.15, 0.2) is 78.9 Å². The third-order valence-corrected chi connectivity index (χ3v) is 9.16. The van der Waals surface area contributed by atoms with Gasteiger partial charge in [-0.1, -0.05) is 60.7 Å². The van der Waals surface area contributed by atoms with Gasteiger partial charge in [0.05, 0.1) is 12.7 Å². The molecule has 14 heteroatoms. The van der Waals surface area contributed by atoms with Crippen molar-refractivity contribution in [2.75, 3.05) is 7.11 Å². The monoisotopic (exact) mass is 663 g/mol. The van der Waals surface area contributed by atoms with Crippen LogP contribution in [0.25, 0.3) is 0 Å². The van der Waals surface area contributed by atoms with Crippen molar-refractivity contribution in [2.24, 2.45) is 5.73 Å². The number of thioether (sulfide) groups is 1. The third-order valence-electron chi connectivity index (χ3n) is 7.59. The maximum absolute atomic E-state index is 13.2. The van der Waals surface area contributed by atoms with Gasteiger partial charge in [0.15, 0.2) is 5.75 Å². The molecule has 47 heavy (non-hydrogen) atoms. The zero-order valence-electron chi connectivity index (χ0n) is 25.9. The molecule has 3 N–H and O–H groups in total. The Balaban J connectivity index is 0.000000281. The summed E-state index contributed by atoms with van der Waals surface area (Å²) in [5, 5.41) is 2.29. The normalized spacial score (nSPS) is 22.2. The number of rotatable bonds is 8. The van der Waals surface area contributed by atoms with Crippen LogP contribution in [0.4, 0.5) is 0 Å². The minimum absolute atomic E-state index is 0.343. The van der Waals surface area contributed by atoms with Gasteiger partial charge in [-0.3, -0.25) is 19.4 Å². The van der Waals surface area contributed by atoms with Crippen molar-refractivity contribution in [3.05, 3.63) is 95.6 Å². The Hall–Kier alpha value is -5.08. The summed E-state index contributed by atoms with van der Waals surface area (Å²) in [6.45, 7) is 4.92. The minimum atomic E-state index is -1.16. The van der Waals surface area contributed by atoms with E-state index >= 15 is 0 Å². The number of hydrogen-bond acceptors (Lipinski definition) is 12. The van der Waals surface area contributed by atoms with E-state index in [2.05, 4.69) is 10.2 Å². The van der Waals surface area contributed by atoms with Crippen LogP contribution in [0, 0.1) is 0 Å². The van der Waals surface area contributed by atoms with E-state index in [1.165, 1.54) is 30.7 Å². The first kappa shape index (κ1) is 33.3. The van der Waals surface area contributed by atoms with Crippen molar-refractivity contribution in [2.45, 2.75) is 55.3 Å². The summed E-state index contributed by atoms with van der Waals surface area (Å²) in [5.74, 6) is -1.71. The predicted molar refractivity (Wildman–Crippen MR) is 167 cm³/mol. The second-order valence-electron chi connectivity index (χ2n) is 11.2. The van der Waals surface area contributed by atoms with Crippen LogP contribution in [-0.2, 0) is 33.5 Å². The minimum Gasteiger partial charge on any atom is -0.493 e. The summed E-state index contributed by atoms with van der Waals surface area (Å²) in [7, 11) is 1.51. The molecule has 3 aromatic rings. The topological polar surface area (TPSA) is 173 Å². The largest absolute Gasteiger partial charge is 0.493 e. The summed E-state index contributed by atoms with van der Waals surface area (Å²) >= 11 is 1.40. The first-order chi connectivity index (χ1) is 22.4. The van der Waals surface area contributed by atoms with Crippen molar-refractivity contribution in [3.63, 3.8) is 0 Å². The molecule has 5 atom stereocenters. The molecular formula is C33H33N3O10S. The number of nitrogens with two attached hydrogens (primary N) is 1. The molecule has 2 fully saturated rings. The highest BCUT2D eigenvalue weighted by Gasteiger charge is 2.65. The highest BCUT2D eigenvalue weighted by Crippen LogP contribution is 2.51. The number of methoxy groups -OCH3 is 1. The molecule has 0 saturated carbocycles. The molecule has 2 amide bonds. The maximum Gasteiger partial charge on any atom is 0.352 e. The van der Waals surface area contributed by atoms with Crippen molar-refractivity contribution >= 4 is 41.5 Å². The molecular weight excluding hydrogens is 630 g/mol. The van der Waals surface area contributed by atoms with Gasteiger partial charge in [-0.05, 0) is 37.6 Å². The van der Waals surface area contributed by atoms with E-state index in [4.69, 9.17) is 24.8 Å². The lowest BCUT2D eigenvalue weighted by Crippen LogP contribution is -2.71. The lowest BCUT2D eigenvalue weighted by Gasteiger charge is -2.44. The molecule has 0 radical (unpaired) electrons. The Bertz CT molecular complexity index is 1680. The van der Waals surface area contributed by atoms with Crippen LogP contribution in [0.1, 0.15) is 54.6 Å². The number of nitrogens with one attached hydrogen (secondary N) is 1. The molecule has 13 nitrogen and oxygen atoms in total. The average Bonchev–Trinajstić information content (AvgIpc) is 3.52. The number of nitrogens with zero attached hydrogens (tertiary/aromatic N) is 1. The van der Waals surface area contributed by atoms with Crippen molar-refractivity contribution in [3.8, 4) is 11.5 Å². The van der Waals surface area contributed by atoms with Gasteiger partial charge in [0.25, 0.3) is 6.29 Å². The number of benzene rings is 3. The van der Waals surface area contributed by atoms with Gasteiger partial charge in [-0.15, -0.1) is 11.8 Å². The van der Waals surface area contributed by atoms with Crippen LogP contribution < -0.4 is 20.7 Å². The van der Waals surface area contributed by atoms with Crippen LogP contribution in [0.3, 0.4) is 0 Å². The van der Waals surface area contributed by atoms with Crippen LogP contribution >= 0.6 is 11.8 Å². The number of fused-ring (bicyclic) bond motifs is 2. The first-order valence-corrected chi connectivity index (χ1v) is 15.4. The second kappa shape index (κ2) is 13.7. The summed E-state index contributed by atoms with van der Waals surface area (Å²) in [6.07, 6.45) is -1.16. The van der Waals surface area contributed by atoms with Crippen molar-refractivity contribution in [1.82, 2.24) is 10.2 Å². The smallest absolute Gasteiger partial charge is 0.352 e. The van der Waals surface area contributed by atoms with Crippen LogP contribution in [-0.4, -0.2) is 63.9 Å². The zero-order valence-corrected chi connectivity index (χ0v) is 26.7. The van der Waals surface area contributed by atoms with E-state index < -0.39 is 58.4 Å². The summed E-state index contributed by atoms with van der Waals surface area (Å²) < 4.78 is 15.0. The van der Waals surface area contributed by atoms with Crippen LogP contribution in [0.2, 0.25) is 0 Å². The Labute approximate surface area is 274 Å². The molecule has 1 unspecified atom stereocenters. The first-order valence-electron chi connectivity index (χ1n) is 14.5. The van der Waals surface area contributed by atoms with E-state index in [-0.39, 0.29) is 5.91 Å². The summed E-state index contributed by atoms with van der Waals surface area (Å²) in [4.78, 5) is 71.8. The molecule has 2 saturated heterocycles.